The smallest absolute Gasteiger partial charge is 0.0470 e. The summed E-state index contributed by atoms with van der Waals surface area (Å²) in [5.41, 5.74) is 8.78. The van der Waals surface area contributed by atoms with Gasteiger partial charge in [-0.15, -0.1) is 0 Å². The summed E-state index contributed by atoms with van der Waals surface area (Å²) >= 11 is 0. The molecule has 1 saturated heterocycles. The minimum absolute atomic E-state index is 0.417. The van der Waals surface area contributed by atoms with Crippen LogP contribution in [0.3, 0.4) is 0 Å². The fourth-order valence-electron chi connectivity index (χ4n) is 2.90. The van der Waals surface area contributed by atoms with Crippen LogP contribution in [0.5, 0.6) is 0 Å². The highest BCUT2D eigenvalue weighted by molar-refractivity contribution is 5.26. The van der Waals surface area contributed by atoms with Crippen LogP contribution in [0.25, 0.3) is 0 Å². The Kier molecular flexibility index (Phi) is 4.79. The van der Waals surface area contributed by atoms with Crippen molar-refractivity contribution in [2.24, 2.45) is 11.7 Å². The van der Waals surface area contributed by atoms with Crippen LogP contribution < -0.4 is 5.73 Å². The number of hydrogen-bond donors (Lipinski definition) is 1. The van der Waals surface area contributed by atoms with Crippen molar-refractivity contribution in [3.8, 4) is 0 Å². The highest BCUT2D eigenvalue weighted by atomic mass is 15.2. The standard InChI is InChI=1S/C16H26N2/c1-13(2)11-14-5-7-15(8-6-14)16(12-17)18-9-3-4-10-18/h5-8,13,16H,3-4,9-12,17H2,1-2H3. The van der Waals surface area contributed by atoms with Gasteiger partial charge in [-0.3, -0.25) is 4.90 Å². The lowest BCUT2D eigenvalue weighted by Gasteiger charge is -2.26. The van der Waals surface area contributed by atoms with Gasteiger partial charge in [0.1, 0.15) is 0 Å². The van der Waals surface area contributed by atoms with Gasteiger partial charge >= 0.3 is 0 Å². The molecule has 1 aliphatic heterocycles. The average Bonchev–Trinajstić information content (AvgIpc) is 2.85. The highest BCUT2D eigenvalue weighted by Crippen LogP contribution is 2.24. The molecule has 100 valence electrons. The maximum absolute atomic E-state index is 5.96. The Balaban J connectivity index is 2.06. The molecule has 0 spiro atoms. The Morgan fingerprint density at radius 3 is 2.22 bits per heavy atom. The van der Waals surface area contributed by atoms with Crippen LogP contribution in [0.4, 0.5) is 0 Å². The highest BCUT2D eigenvalue weighted by Gasteiger charge is 2.21. The molecule has 1 aromatic rings. The van der Waals surface area contributed by atoms with Gasteiger partial charge in [0.2, 0.25) is 0 Å². The summed E-state index contributed by atoms with van der Waals surface area (Å²) in [7, 11) is 0. The molecular weight excluding hydrogens is 220 g/mol. The van der Waals surface area contributed by atoms with E-state index in [9.17, 15) is 0 Å². The van der Waals surface area contributed by atoms with E-state index in [0.29, 0.717) is 6.04 Å². The second-order valence-electron chi connectivity index (χ2n) is 5.83. The molecule has 0 aliphatic carbocycles. The number of rotatable bonds is 5. The van der Waals surface area contributed by atoms with Gasteiger partial charge < -0.3 is 5.73 Å². The lowest BCUT2D eigenvalue weighted by Crippen LogP contribution is -2.31. The van der Waals surface area contributed by atoms with Crippen molar-refractivity contribution in [2.45, 2.75) is 39.2 Å². The van der Waals surface area contributed by atoms with E-state index in [0.717, 1.165) is 18.9 Å². The van der Waals surface area contributed by atoms with Crippen molar-refractivity contribution in [1.29, 1.82) is 0 Å². The molecule has 1 atom stereocenters. The summed E-state index contributed by atoms with van der Waals surface area (Å²) in [6, 6.07) is 9.50. The molecule has 1 unspecified atom stereocenters. The van der Waals surface area contributed by atoms with Crippen molar-refractivity contribution in [1.82, 2.24) is 4.90 Å². The predicted octanol–water partition coefficient (Wildman–Crippen LogP) is 2.98. The fraction of sp³-hybridized carbons (Fsp3) is 0.625. The molecule has 0 radical (unpaired) electrons. The third-order valence-corrected chi connectivity index (χ3v) is 3.81. The largest absolute Gasteiger partial charge is 0.329 e. The lowest BCUT2D eigenvalue weighted by atomic mass is 9.99. The first kappa shape index (κ1) is 13.6. The van der Waals surface area contributed by atoms with Gasteiger partial charge in [0, 0.05) is 12.6 Å². The summed E-state index contributed by atoms with van der Waals surface area (Å²) in [4.78, 5) is 2.53. The molecule has 2 N–H and O–H groups in total. The van der Waals surface area contributed by atoms with Crippen molar-refractivity contribution in [3.05, 3.63) is 35.4 Å². The molecule has 18 heavy (non-hydrogen) atoms. The summed E-state index contributed by atoms with van der Waals surface area (Å²) in [5, 5.41) is 0. The van der Waals surface area contributed by atoms with Crippen LogP contribution in [0.15, 0.2) is 24.3 Å². The molecule has 0 amide bonds. The third kappa shape index (κ3) is 3.33. The molecule has 2 rings (SSSR count). The second kappa shape index (κ2) is 6.35. The lowest BCUT2D eigenvalue weighted by molar-refractivity contribution is 0.251. The van der Waals surface area contributed by atoms with E-state index in [-0.39, 0.29) is 0 Å². The van der Waals surface area contributed by atoms with Gasteiger partial charge in [-0.05, 0) is 49.4 Å². The minimum atomic E-state index is 0.417. The maximum atomic E-state index is 5.96. The van der Waals surface area contributed by atoms with Gasteiger partial charge in [-0.1, -0.05) is 38.1 Å². The third-order valence-electron chi connectivity index (χ3n) is 3.81. The molecular formula is C16H26N2. The van der Waals surface area contributed by atoms with E-state index in [2.05, 4.69) is 43.0 Å². The zero-order chi connectivity index (χ0) is 13.0. The Bertz CT molecular complexity index is 350. The van der Waals surface area contributed by atoms with Gasteiger partial charge in [0.15, 0.2) is 0 Å². The summed E-state index contributed by atoms with van der Waals surface area (Å²) < 4.78 is 0. The first-order valence-corrected chi connectivity index (χ1v) is 7.23. The van der Waals surface area contributed by atoms with Crippen molar-refractivity contribution >= 4 is 0 Å². The Morgan fingerprint density at radius 2 is 1.72 bits per heavy atom. The average molecular weight is 246 g/mol. The van der Waals surface area contributed by atoms with Crippen LogP contribution in [0.1, 0.15) is 43.9 Å². The Labute approximate surface area is 111 Å². The zero-order valence-corrected chi connectivity index (χ0v) is 11.7. The zero-order valence-electron chi connectivity index (χ0n) is 11.7. The number of nitrogens with zero attached hydrogens (tertiary/aromatic N) is 1. The van der Waals surface area contributed by atoms with E-state index >= 15 is 0 Å². The molecule has 1 aromatic carbocycles. The van der Waals surface area contributed by atoms with Gasteiger partial charge in [-0.25, -0.2) is 0 Å². The number of nitrogens with two attached hydrogens (primary N) is 1. The van der Waals surface area contributed by atoms with E-state index in [1.54, 1.807) is 0 Å². The molecule has 2 nitrogen and oxygen atoms in total. The van der Waals surface area contributed by atoms with Crippen molar-refractivity contribution < 1.29 is 0 Å². The normalized spacial score (nSPS) is 18.4. The summed E-state index contributed by atoms with van der Waals surface area (Å²) in [5.74, 6) is 0.722. The second-order valence-corrected chi connectivity index (χ2v) is 5.83. The predicted molar refractivity (Wildman–Crippen MR) is 77.6 cm³/mol. The van der Waals surface area contributed by atoms with Crippen LogP contribution in [-0.4, -0.2) is 24.5 Å². The van der Waals surface area contributed by atoms with E-state index in [4.69, 9.17) is 5.73 Å². The van der Waals surface area contributed by atoms with Crippen molar-refractivity contribution in [3.63, 3.8) is 0 Å². The van der Waals surface area contributed by atoms with E-state index < -0.39 is 0 Å². The molecule has 0 aromatic heterocycles. The fourth-order valence-corrected chi connectivity index (χ4v) is 2.90. The number of likely N-dealkylation sites (tertiary alicyclic amines) is 1. The molecule has 1 aliphatic rings. The monoisotopic (exact) mass is 246 g/mol. The van der Waals surface area contributed by atoms with Gasteiger partial charge in [0.25, 0.3) is 0 Å². The first-order valence-electron chi connectivity index (χ1n) is 7.23. The summed E-state index contributed by atoms with van der Waals surface area (Å²) in [6.45, 7) is 7.66. The molecule has 1 heterocycles. The molecule has 0 bridgehead atoms. The van der Waals surface area contributed by atoms with Crippen LogP contribution in [0, 0.1) is 5.92 Å². The number of hydrogen-bond acceptors (Lipinski definition) is 2. The Morgan fingerprint density at radius 1 is 1.11 bits per heavy atom. The van der Waals surface area contributed by atoms with Gasteiger partial charge in [-0.2, -0.15) is 0 Å². The SMILES string of the molecule is CC(C)Cc1ccc(C(CN)N2CCCC2)cc1. The number of benzene rings is 1. The maximum Gasteiger partial charge on any atom is 0.0470 e. The molecule has 1 fully saturated rings. The van der Waals surface area contributed by atoms with Crippen molar-refractivity contribution in [2.75, 3.05) is 19.6 Å². The molecule has 0 saturated carbocycles. The van der Waals surface area contributed by atoms with Crippen LogP contribution in [0.2, 0.25) is 0 Å². The van der Waals surface area contributed by atoms with E-state index in [1.807, 2.05) is 0 Å². The Hall–Kier alpha value is -0.860. The summed E-state index contributed by atoms with van der Waals surface area (Å²) in [6.07, 6.45) is 3.81. The topological polar surface area (TPSA) is 29.3 Å². The van der Waals surface area contributed by atoms with Crippen LogP contribution >= 0.6 is 0 Å². The minimum Gasteiger partial charge on any atom is -0.329 e. The quantitative estimate of drug-likeness (QED) is 0.865. The van der Waals surface area contributed by atoms with Crippen LogP contribution in [-0.2, 0) is 6.42 Å². The first-order chi connectivity index (χ1) is 8.70. The molecule has 2 heteroatoms. The van der Waals surface area contributed by atoms with E-state index in [1.165, 1.54) is 37.1 Å². The van der Waals surface area contributed by atoms with Gasteiger partial charge in [0.05, 0.1) is 0 Å².